The summed E-state index contributed by atoms with van der Waals surface area (Å²) in [5.41, 5.74) is 13.3. The molecule has 0 bridgehead atoms. The van der Waals surface area contributed by atoms with Crippen LogP contribution in [0.25, 0.3) is 17.0 Å². The zero-order valence-corrected chi connectivity index (χ0v) is 15.1. The van der Waals surface area contributed by atoms with E-state index < -0.39 is 11.4 Å². The highest BCUT2D eigenvalue weighted by atomic mass is 79.9. The molecule has 4 N–H and O–H groups in total. The maximum atomic E-state index is 14.5. The largest absolute Gasteiger partial charge is 0.328 e. The molecule has 1 fully saturated rings. The van der Waals surface area contributed by atoms with E-state index in [1.165, 1.54) is 6.20 Å². The molecule has 0 saturated heterocycles. The Morgan fingerprint density at radius 1 is 1.20 bits per heavy atom. The third kappa shape index (κ3) is 2.94. The van der Waals surface area contributed by atoms with Crippen molar-refractivity contribution in [3.63, 3.8) is 0 Å². The maximum Gasteiger partial charge on any atom is 0.169 e. The lowest BCUT2D eigenvalue weighted by molar-refractivity contribution is 0.264. The van der Waals surface area contributed by atoms with Gasteiger partial charge in [-0.15, -0.1) is 0 Å². The first-order valence-corrected chi connectivity index (χ1v) is 8.96. The second kappa shape index (κ2) is 6.12. The Bertz CT molecular complexity index is 932. The number of nitrogens with zero attached hydrogens (tertiary/aromatic N) is 4. The summed E-state index contributed by atoms with van der Waals surface area (Å²) in [6.07, 6.45) is 7.64. The third-order valence-electron chi connectivity index (χ3n) is 4.82. The van der Waals surface area contributed by atoms with E-state index in [4.69, 9.17) is 11.5 Å². The van der Waals surface area contributed by atoms with Crippen molar-refractivity contribution in [2.24, 2.45) is 11.5 Å². The van der Waals surface area contributed by atoms with E-state index in [1.807, 2.05) is 18.3 Å². The van der Waals surface area contributed by atoms with E-state index in [0.29, 0.717) is 30.0 Å². The van der Waals surface area contributed by atoms with Gasteiger partial charge in [0.2, 0.25) is 0 Å². The first-order chi connectivity index (χ1) is 12.0. The fourth-order valence-electron chi connectivity index (χ4n) is 3.30. The molecule has 1 aliphatic rings. The van der Waals surface area contributed by atoms with E-state index >= 15 is 0 Å². The Balaban J connectivity index is 1.81. The van der Waals surface area contributed by atoms with E-state index in [1.54, 1.807) is 10.6 Å². The molecule has 3 aromatic rings. The number of hydrogen-bond donors (Lipinski definition) is 2. The highest BCUT2D eigenvalue weighted by Crippen LogP contribution is 2.34. The second-order valence-corrected chi connectivity index (χ2v) is 7.52. The van der Waals surface area contributed by atoms with Gasteiger partial charge in [-0.1, -0.05) is 0 Å². The average molecular weight is 405 g/mol. The molecule has 0 radical (unpaired) electrons. The molecule has 1 saturated carbocycles. The lowest BCUT2D eigenvalue weighted by atomic mass is 9.80. The van der Waals surface area contributed by atoms with Crippen LogP contribution < -0.4 is 11.5 Å². The van der Waals surface area contributed by atoms with Crippen molar-refractivity contribution in [1.29, 1.82) is 0 Å². The number of rotatable bonds is 2. The predicted molar refractivity (Wildman–Crippen MR) is 96.2 cm³/mol. The van der Waals surface area contributed by atoms with Crippen molar-refractivity contribution in [3.8, 4) is 11.4 Å². The van der Waals surface area contributed by atoms with Crippen LogP contribution in [0.4, 0.5) is 4.39 Å². The van der Waals surface area contributed by atoms with E-state index in [2.05, 4.69) is 30.9 Å². The molecule has 0 spiro atoms. The van der Waals surface area contributed by atoms with Crippen LogP contribution in [-0.2, 0) is 5.54 Å². The summed E-state index contributed by atoms with van der Waals surface area (Å²) in [5, 5.41) is 0. The summed E-state index contributed by atoms with van der Waals surface area (Å²) < 4.78 is 17.1. The van der Waals surface area contributed by atoms with Gasteiger partial charge in [0.1, 0.15) is 17.2 Å². The fourth-order valence-corrected chi connectivity index (χ4v) is 3.63. The monoisotopic (exact) mass is 404 g/mol. The summed E-state index contributed by atoms with van der Waals surface area (Å²) in [7, 11) is 0. The number of pyridine rings is 1. The fraction of sp³-hybridized carbons (Fsp3) is 0.353. The van der Waals surface area contributed by atoms with Crippen LogP contribution in [0, 0.1) is 5.82 Å². The maximum absolute atomic E-state index is 14.5. The molecule has 6 nitrogen and oxygen atoms in total. The minimum absolute atomic E-state index is 0.160. The lowest BCUT2D eigenvalue weighted by Crippen LogP contribution is -2.45. The van der Waals surface area contributed by atoms with Crippen molar-refractivity contribution >= 4 is 21.6 Å². The van der Waals surface area contributed by atoms with Crippen molar-refractivity contribution in [3.05, 3.63) is 46.8 Å². The van der Waals surface area contributed by atoms with Crippen molar-refractivity contribution in [2.45, 2.75) is 37.3 Å². The van der Waals surface area contributed by atoms with E-state index in [9.17, 15) is 4.39 Å². The van der Waals surface area contributed by atoms with Crippen LogP contribution >= 0.6 is 15.9 Å². The summed E-state index contributed by atoms with van der Waals surface area (Å²) in [4.78, 5) is 13.0. The number of fused-ring (bicyclic) bond motifs is 1. The topological polar surface area (TPSA) is 95.1 Å². The standard InChI is InChI=1S/C17H18BrFN6/c18-10-1-2-14-22-8-13(25(14)9-10)15-12(19)7-23-16(24-15)17(21)5-3-11(20)4-6-17/h1-2,7-9,11H,3-6,20-21H2. The Hall–Kier alpha value is -1.90. The van der Waals surface area contributed by atoms with Crippen molar-refractivity contribution < 1.29 is 4.39 Å². The molecule has 0 aliphatic heterocycles. The molecule has 1 aliphatic carbocycles. The molecule has 3 heterocycles. The Morgan fingerprint density at radius 2 is 1.96 bits per heavy atom. The zero-order chi connectivity index (χ0) is 17.6. The smallest absolute Gasteiger partial charge is 0.169 e. The molecular weight excluding hydrogens is 387 g/mol. The van der Waals surface area contributed by atoms with Crippen LogP contribution in [0.15, 0.2) is 35.2 Å². The van der Waals surface area contributed by atoms with Crippen LogP contribution in [0.5, 0.6) is 0 Å². The highest BCUT2D eigenvalue weighted by molar-refractivity contribution is 9.10. The summed E-state index contributed by atoms with van der Waals surface area (Å²) in [6.45, 7) is 0. The van der Waals surface area contributed by atoms with Gasteiger partial charge < -0.3 is 11.5 Å². The van der Waals surface area contributed by atoms with Gasteiger partial charge in [-0.25, -0.2) is 19.3 Å². The van der Waals surface area contributed by atoms with Crippen LogP contribution in [0.3, 0.4) is 0 Å². The summed E-state index contributed by atoms with van der Waals surface area (Å²) in [6, 6.07) is 3.89. The molecule has 3 aromatic heterocycles. The van der Waals surface area contributed by atoms with E-state index in [0.717, 1.165) is 17.3 Å². The Labute approximate surface area is 152 Å². The first-order valence-electron chi connectivity index (χ1n) is 8.17. The minimum Gasteiger partial charge on any atom is -0.328 e. The number of aromatic nitrogens is 4. The van der Waals surface area contributed by atoms with Crippen molar-refractivity contribution in [1.82, 2.24) is 19.4 Å². The predicted octanol–water partition coefficient (Wildman–Crippen LogP) is 2.75. The molecule has 0 aromatic carbocycles. The highest BCUT2D eigenvalue weighted by Gasteiger charge is 2.35. The lowest BCUT2D eigenvalue weighted by Gasteiger charge is -2.34. The van der Waals surface area contributed by atoms with Gasteiger partial charge >= 0.3 is 0 Å². The molecule has 8 heteroatoms. The molecule has 4 rings (SSSR count). The van der Waals surface area contributed by atoms with Gasteiger partial charge in [0, 0.05) is 16.7 Å². The normalized spacial score (nSPS) is 23.9. The summed E-state index contributed by atoms with van der Waals surface area (Å²) in [5.74, 6) is -0.0395. The average Bonchev–Trinajstić information content (AvgIpc) is 3.01. The molecular formula is C17H18BrFN6. The van der Waals surface area contributed by atoms with E-state index in [-0.39, 0.29) is 11.7 Å². The molecule has 25 heavy (non-hydrogen) atoms. The first kappa shape index (κ1) is 16.6. The third-order valence-corrected chi connectivity index (χ3v) is 5.29. The second-order valence-electron chi connectivity index (χ2n) is 6.60. The van der Waals surface area contributed by atoms with Crippen molar-refractivity contribution in [2.75, 3.05) is 0 Å². The minimum atomic E-state index is -0.667. The van der Waals surface area contributed by atoms with Gasteiger partial charge in [-0.2, -0.15) is 0 Å². The van der Waals surface area contributed by atoms with Crippen LogP contribution in [-0.4, -0.2) is 25.4 Å². The molecule has 0 atom stereocenters. The Morgan fingerprint density at radius 3 is 2.72 bits per heavy atom. The van der Waals surface area contributed by atoms with Crippen LogP contribution in [0.1, 0.15) is 31.5 Å². The number of hydrogen-bond acceptors (Lipinski definition) is 5. The zero-order valence-electron chi connectivity index (χ0n) is 13.5. The van der Waals surface area contributed by atoms with Gasteiger partial charge in [-0.3, -0.25) is 4.40 Å². The number of halogens is 2. The number of imidazole rings is 1. The molecule has 130 valence electrons. The van der Waals surface area contributed by atoms with Crippen LogP contribution in [0.2, 0.25) is 0 Å². The van der Waals surface area contributed by atoms with Gasteiger partial charge in [-0.05, 0) is 53.7 Å². The molecule has 0 unspecified atom stereocenters. The quantitative estimate of drug-likeness (QED) is 0.684. The van der Waals surface area contributed by atoms with Gasteiger partial charge in [0.05, 0.1) is 23.6 Å². The summed E-state index contributed by atoms with van der Waals surface area (Å²) >= 11 is 3.43. The Kier molecular flexibility index (Phi) is 4.05. The molecule has 0 amide bonds. The SMILES string of the molecule is NC1CCC(N)(c2ncc(F)c(-c3cnc4ccc(Br)cn34)n2)CC1. The van der Waals surface area contributed by atoms with Gasteiger partial charge in [0.15, 0.2) is 5.82 Å². The van der Waals surface area contributed by atoms with Gasteiger partial charge in [0.25, 0.3) is 0 Å². The number of nitrogens with two attached hydrogens (primary N) is 2.